The van der Waals surface area contributed by atoms with Crippen molar-refractivity contribution in [1.82, 2.24) is 15.3 Å². The molecule has 2 atom stereocenters. The average Bonchev–Trinajstić information content (AvgIpc) is 2.48. The number of pyridine rings is 1. The smallest absolute Gasteiger partial charge is 0.137 e. The Kier molecular flexibility index (Phi) is 5.31. The van der Waals surface area contributed by atoms with E-state index >= 15 is 0 Å². The lowest BCUT2D eigenvalue weighted by molar-refractivity contribution is -0.0562. The number of aromatic nitrogens is 1. The first-order valence-corrected chi connectivity index (χ1v) is 6.96. The van der Waals surface area contributed by atoms with Gasteiger partial charge in [-0.15, -0.1) is 0 Å². The highest BCUT2D eigenvalue weighted by Gasteiger charge is 2.30. The molecule has 6 heteroatoms. The Morgan fingerprint density at radius 3 is 2.95 bits per heavy atom. The number of hydrazine groups is 1. The number of nitrogens with zero attached hydrogens (tertiary/aromatic N) is 2. The Hall–Kier alpha value is -1.21. The summed E-state index contributed by atoms with van der Waals surface area (Å²) in [4.78, 5) is 6.58. The minimum atomic E-state index is -0.0980. The van der Waals surface area contributed by atoms with Gasteiger partial charge in [0.2, 0.25) is 0 Å². The minimum Gasteiger partial charge on any atom is -0.495 e. The molecule has 20 heavy (non-hydrogen) atoms. The Labute approximate surface area is 120 Å². The SMILES string of the molecule is COc1cncc(C(NN)C2CN(C(C)C)CCO2)c1. The second-order valence-corrected chi connectivity index (χ2v) is 5.30. The number of hydrogen-bond donors (Lipinski definition) is 2. The number of rotatable bonds is 5. The number of nitrogens with two attached hydrogens (primary N) is 1. The van der Waals surface area contributed by atoms with E-state index in [1.807, 2.05) is 6.07 Å². The second-order valence-electron chi connectivity index (χ2n) is 5.30. The van der Waals surface area contributed by atoms with Crippen LogP contribution in [0.5, 0.6) is 5.75 Å². The number of nitrogens with one attached hydrogen (secondary N) is 1. The molecular formula is C14H24N4O2. The molecule has 0 radical (unpaired) electrons. The van der Waals surface area contributed by atoms with Gasteiger partial charge in [-0.05, 0) is 25.5 Å². The maximum atomic E-state index is 5.89. The first-order valence-electron chi connectivity index (χ1n) is 6.96. The molecule has 1 aliphatic heterocycles. The van der Waals surface area contributed by atoms with Gasteiger partial charge >= 0.3 is 0 Å². The molecular weight excluding hydrogens is 256 g/mol. The largest absolute Gasteiger partial charge is 0.495 e. The van der Waals surface area contributed by atoms with E-state index in [0.29, 0.717) is 6.04 Å². The van der Waals surface area contributed by atoms with Gasteiger partial charge in [0.1, 0.15) is 5.75 Å². The summed E-state index contributed by atoms with van der Waals surface area (Å²) in [6.07, 6.45) is 3.48. The van der Waals surface area contributed by atoms with E-state index in [-0.39, 0.29) is 12.1 Å². The number of methoxy groups -OCH3 is 1. The van der Waals surface area contributed by atoms with Gasteiger partial charge in [0, 0.05) is 25.3 Å². The zero-order chi connectivity index (χ0) is 14.5. The van der Waals surface area contributed by atoms with E-state index in [0.717, 1.165) is 31.0 Å². The van der Waals surface area contributed by atoms with Gasteiger partial charge in [-0.25, -0.2) is 0 Å². The van der Waals surface area contributed by atoms with E-state index in [2.05, 4.69) is 29.2 Å². The molecule has 3 N–H and O–H groups in total. The lowest BCUT2D eigenvalue weighted by Gasteiger charge is -2.38. The third-order valence-electron chi connectivity index (χ3n) is 3.74. The van der Waals surface area contributed by atoms with Crippen molar-refractivity contribution in [3.63, 3.8) is 0 Å². The van der Waals surface area contributed by atoms with Crippen molar-refractivity contribution < 1.29 is 9.47 Å². The highest BCUT2D eigenvalue weighted by molar-refractivity contribution is 5.26. The van der Waals surface area contributed by atoms with Gasteiger partial charge in [-0.1, -0.05) is 0 Å². The van der Waals surface area contributed by atoms with Crippen molar-refractivity contribution in [3.05, 3.63) is 24.0 Å². The highest BCUT2D eigenvalue weighted by atomic mass is 16.5. The van der Waals surface area contributed by atoms with Gasteiger partial charge in [0.15, 0.2) is 0 Å². The first kappa shape index (κ1) is 15.2. The molecule has 0 aromatic carbocycles. The number of morpholine rings is 1. The molecule has 2 rings (SSSR count). The van der Waals surface area contributed by atoms with Crippen molar-refractivity contribution >= 4 is 0 Å². The van der Waals surface area contributed by atoms with Crippen molar-refractivity contribution in [2.75, 3.05) is 26.8 Å². The van der Waals surface area contributed by atoms with E-state index < -0.39 is 0 Å². The third kappa shape index (κ3) is 3.46. The van der Waals surface area contributed by atoms with Gasteiger partial charge in [0.25, 0.3) is 0 Å². The maximum absolute atomic E-state index is 5.89. The molecule has 112 valence electrons. The monoisotopic (exact) mass is 280 g/mol. The lowest BCUT2D eigenvalue weighted by atomic mass is 10.0. The van der Waals surface area contributed by atoms with Crippen LogP contribution in [0.4, 0.5) is 0 Å². The van der Waals surface area contributed by atoms with Crippen LogP contribution in [0, 0.1) is 0 Å². The molecule has 1 aromatic heterocycles. The van der Waals surface area contributed by atoms with Crippen LogP contribution in [0.25, 0.3) is 0 Å². The topological polar surface area (TPSA) is 72.6 Å². The minimum absolute atomic E-state index is 0.00468. The van der Waals surface area contributed by atoms with Crippen LogP contribution < -0.4 is 16.0 Å². The summed E-state index contributed by atoms with van der Waals surface area (Å²) in [7, 11) is 1.63. The highest BCUT2D eigenvalue weighted by Crippen LogP contribution is 2.24. The summed E-state index contributed by atoms with van der Waals surface area (Å²) in [6, 6.07) is 2.34. The standard InChI is InChI=1S/C14H24N4O2/c1-10(2)18-4-5-20-13(9-18)14(17-15)11-6-12(19-3)8-16-7-11/h6-8,10,13-14,17H,4-5,9,15H2,1-3H3. The fourth-order valence-corrected chi connectivity index (χ4v) is 2.50. The van der Waals surface area contributed by atoms with Crippen LogP contribution >= 0.6 is 0 Å². The Morgan fingerprint density at radius 1 is 1.50 bits per heavy atom. The quantitative estimate of drug-likeness (QED) is 0.611. The second kappa shape index (κ2) is 6.99. The van der Waals surface area contributed by atoms with Crippen LogP contribution in [0.2, 0.25) is 0 Å². The van der Waals surface area contributed by atoms with Crippen molar-refractivity contribution in [1.29, 1.82) is 0 Å². The Morgan fingerprint density at radius 2 is 2.30 bits per heavy atom. The van der Waals surface area contributed by atoms with E-state index in [1.54, 1.807) is 19.5 Å². The molecule has 1 aromatic rings. The summed E-state index contributed by atoms with van der Waals surface area (Å²) in [5.74, 6) is 6.45. The predicted octanol–water partition coefficient (Wildman–Crippen LogP) is 0.704. The van der Waals surface area contributed by atoms with Crippen molar-refractivity contribution in [3.8, 4) is 5.75 Å². The lowest BCUT2D eigenvalue weighted by Crippen LogP contribution is -2.51. The molecule has 0 bridgehead atoms. The molecule has 0 aliphatic carbocycles. The van der Waals surface area contributed by atoms with Gasteiger partial charge in [-0.2, -0.15) is 0 Å². The van der Waals surface area contributed by atoms with Crippen LogP contribution in [-0.2, 0) is 4.74 Å². The molecule has 0 spiro atoms. The molecule has 2 heterocycles. The van der Waals surface area contributed by atoms with E-state index in [4.69, 9.17) is 15.3 Å². The van der Waals surface area contributed by atoms with Crippen LogP contribution in [-0.4, -0.2) is 48.8 Å². The van der Waals surface area contributed by atoms with Gasteiger partial charge < -0.3 is 9.47 Å². The Bertz CT molecular complexity index is 427. The van der Waals surface area contributed by atoms with Crippen molar-refractivity contribution in [2.24, 2.45) is 5.84 Å². The molecule has 2 unspecified atom stereocenters. The summed E-state index contributed by atoms with van der Waals surface area (Å²) in [5, 5.41) is 0. The summed E-state index contributed by atoms with van der Waals surface area (Å²) >= 11 is 0. The van der Waals surface area contributed by atoms with Gasteiger partial charge in [-0.3, -0.25) is 21.2 Å². The Balaban J connectivity index is 2.14. The maximum Gasteiger partial charge on any atom is 0.137 e. The number of hydrogen-bond acceptors (Lipinski definition) is 6. The summed E-state index contributed by atoms with van der Waals surface area (Å²) in [5.41, 5.74) is 3.83. The van der Waals surface area contributed by atoms with Crippen molar-refractivity contribution in [2.45, 2.75) is 32.0 Å². The fourth-order valence-electron chi connectivity index (χ4n) is 2.50. The summed E-state index contributed by atoms with van der Waals surface area (Å²) < 4.78 is 11.1. The zero-order valence-electron chi connectivity index (χ0n) is 12.4. The third-order valence-corrected chi connectivity index (χ3v) is 3.74. The van der Waals surface area contributed by atoms with E-state index in [1.165, 1.54) is 0 Å². The van der Waals surface area contributed by atoms with E-state index in [9.17, 15) is 0 Å². The van der Waals surface area contributed by atoms with Crippen LogP contribution in [0.3, 0.4) is 0 Å². The van der Waals surface area contributed by atoms with Crippen LogP contribution in [0.15, 0.2) is 18.5 Å². The zero-order valence-corrected chi connectivity index (χ0v) is 12.4. The molecule has 0 saturated carbocycles. The average molecular weight is 280 g/mol. The fraction of sp³-hybridized carbons (Fsp3) is 0.643. The summed E-state index contributed by atoms with van der Waals surface area (Å²) in [6.45, 7) is 6.92. The molecule has 6 nitrogen and oxygen atoms in total. The van der Waals surface area contributed by atoms with Gasteiger partial charge in [0.05, 0.1) is 32.1 Å². The van der Waals surface area contributed by atoms with Crippen LogP contribution in [0.1, 0.15) is 25.5 Å². The predicted molar refractivity (Wildman–Crippen MR) is 77.3 cm³/mol. The normalized spacial score (nSPS) is 21.9. The number of ether oxygens (including phenoxy) is 2. The first-order chi connectivity index (χ1) is 9.65. The molecule has 0 amide bonds. The molecule has 1 aliphatic rings. The molecule has 1 saturated heterocycles. The molecule has 1 fully saturated rings.